The van der Waals surface area contributed by atoms with Gasteiger partial charge in [-0.3, -0.25) is 4.79 Å². The van der Waals surface area contributed by atoms with Crippen molar-refractivity contribution in [2.24, 2.45) is 0 Å². The maximum absolute atomic E-state index is 14.1. The molecular formula is C20H11F5N2O. The highest BCUT2D eigenvalue weighted by Crippen LogP contribution is 2.37. The zero-order valence-electron chi connectivity index (χ0n) is 14.1. The van der Waals surface area contributed by atoms with Gasteiger partial charge in [-0.2, -0.15) is 13.2 Å². The number of hydrogen-bond donors (Lipinski definition) is 0. The summed E-state index contributed by atoms with van der Waals surface area (Å²) in [5, 5.41) is 0. The lowest BCUT2D eigenvalue weighted by atomic mass is 10.1. The monoisotopic (exact) mass is 390 g/mol. The van der Waals surface area contributed by atoms with Crippen LogP contribution in [0.15, 0.2) is 59.4 Å². The van der Waals surface area contributed by atoms with Gasteiger partial charge in [-0.1, -0.05) is 36.4 Å². The Labute approximate surface area is 156 Å². The molecule has 0 fully saturated rings. The van der Waals surface area contributed by atoms with Crippen LogP contribution in [0.1, 0.15) is 11.1 Å². The van der Waals surface area contributed by atoms with Gasteiger partial charge in [-0.15, -0.1) is 0 Å². The topological polar surface area (TPSA) is 26.4 Å². The minimum Gasteiger partial charge on any atom is -0.313 e. The first-order chi connectivity index (χ1) is 13.2. The van der Waals surface area contributed by atoms with Gasteiger partial charge in [0.05, 0.1) is 18.7 Å². The normalized spacial score (nSPS) is 11.3. The van der Waals surface area contributed by atoms with Crippen LogP contribution in [0.5, 0.6) is 0 Å². The third kappa shape index (κ3) is 3.64. The van der Waals surface area contributed by atoms with Crippen molar-refractivity contribution in [2.45, 2.75) is 12.7 Å². The first-order valence-electron chi connectivity index (χ1n) is 7.94. The lowest BCUT2D eigenvalue weighted by molar-refractivity contribution is -0.136. The maximum Gasteiger partial charge on any atom is 0.407 e. The highest BCUT2D eigenvalue weighted by atomic mass is 19.4. The van der Waals surface area contributed by atoms with Crippen molar-refractivity contribution in [1.82, 2.24) is 4.57 Å². The Balaban J connectivity index is 2.31. The van der Waals surface area contributed by atoms with E-state index in [1.165, 1.54) is 12.1 Å². The van der Waals surface area contributed by atoms with E-state index in [0.29, 0.717) is 12.1 Å². The number of alkyl halides is 3. The Hall–Kier alpha value is -3.47. The summed E-state index contributed by atoms with van der Waals surface area (Å²) in [6.45, 7) is 6.55. The van der Waals surface area contributed by atoms with Crippen LogP contribution in [0.2, 0.25) is 0 Å². The van der Waals surface area contributed by atoms with E-state index < -0.39 is 41.2 Å². The van der Waals surface area contributed by atoms with Crippen molar-refractivity contribution in [3.8, 4) is 11.3 Å². The maximum atomic E-state index is 14.1. The minimum atomic E-state index is -4.91. The Morgan fingerprint density at radius 1 is 1.00 bits per heavy atom. The summed E-state index contributed by atoms with van der Waals surface area (Å²) < 4.78 is 68.2. The molecule has 3 aromatic rings. The molecule has 0 aliphatic heterocycles. The number of benzene rings is 2. The predicted octanol–water partition coefficient (Wildman–Crippen LogP) is 5.41. The van der Waals surface area contributed by atoms with Crippen LogP contribution in [-0.4, -0.2) is 4.57 Å². The second-order valence-corrected chi connectivity index (χ2v) is 5.89. The second-order valence-electron chi connectivity index (χ2n) is 5.89. The fraction of sp³-hybridized carbons (Fsp3) is 0.100. The Bertz CT molecular complexity index is 1130. The van der Waals surface area contributed by atoms with Gasteiger partial charge in [0.2, 0.25) is 0 Å². The largest absolute Gasteiger partial charge is 0.407 e. The molecule has 0 amide bonds. The third-order valence-electron chi connectivity index (χ3n) is 4.11. The van der Waals surface area contributed by atoms with Gasteiger partial charge in [-0.05, 0) is 17.7 Å². The van der Waals surface area contributed by atoms with E-state index >= 15 is 0 Å². The molecule has 0 N–H and O–H groups in total. The quantitative estimate of drug-likeness (QED) is 0.434. The average Bonchev–Trinajstić information content (AvgIpc) is 2.64. The summed E-state index contributed by atoms with van der Waals surface area (Å²) in [5.74, 6) is -1.78. The summed E-state index contributed by atoms with van der Waals surface area (Å²) in [6.07, 6.45) is -4.91. The summed E-state index contributed by atoms with van der Waals surface area (Å²) in [6, 6.07) is 11.1. The molecule has 3 rings (SSSR count). The van der Waals surface area contributed by atoms with E-state index in [1.54, 1.807) is 18.2 Å². The summed E-state index contributed by atoms with van der Waals surface area (Å²) in [7, 11) is 0. The zero-order chi connectivity index (χ0) is 20.5. The van der Waals surface area contributed by atoms with Gasteiger partial charge in [-0.25, -0.2) is 13.6 Å². The molecule has 0 radical (unpaired) electrons. The van der Waals surface area contributed by atoms with Crippen LogP contribution in [-0.2, 0) is 12.7 Å². The van der Waals surface area contributed by atoms with Gasteiger partial charge in [0.1, 0.15) is 11.6 Å². The summed E-state index contributed by atoms with van der Waals surface area (Å²) in [5.41, 5.74) is -3.61. The molecule has 0 spiro atoms. The SMILES string of the molecule is [C-]#[N+]c1c(C(F)(F)F)cc(-c2ccccc2)n(Cc2ccc(F)cc2F)c1=O. The van der Waals surface area contributed by atoms with Crippen molar-refractivity contribution >= 4 is 5.69 Å². The first-order valence-corrected chi connectivity index (χ1v) is 7.94. The number of halogens is 5. The molecular weight excluding hydrogens is 379 g/mol. The van der Waals surface area contributed by atoms with Crippen molar-refractivity contribution in [3.05, 3.63) is 99.1 Å². The standard InChI is InChI=1S/C20H11F5N2O/c1-26-18-15(20(23,24)25)10-17(12-5-3-2-4-6-12)27(19(18)28)11-13-7-8-14(21)9-16(13)22/h2-10H,11H2. The van der Waals surface area contributed by atoms with E-state index in [0.717, 1.165) is 16.7 Å². The third-order valence-corrected chi connectivity index (χ3v) is 4.11. The van der Waals surface area contributed by atoms with Gasteiger partial charge in [0.15, 0.2) is 0 Å². The van der Waals surface area contributed by atoms with Crippen LogP contribution < -0.4 is 5.56 Å². The lowest BCUT2D eigenvalue weighted by Gasteiger charge is -2.18. The van der Waals surface area contributed by atoms with Crippen molar-refractivity contribution in [2.75, 3.05) is 0 Å². The van der Waals surface area contributed by atoms with Crippen LogP contribution in [0.25, 0.3) is 16.1 Å². The molecule has 0 bridgehead atoms. The summed E-state index contributed by atoms with van der Waals surface area (Å²) in [4.78, 5) is 15.4. The van der Waals surface area contributed by atoms with Crippen LogP contribution in [0.3, 0.4) is 0 Å². The van der Waals surface area contributed by atoms with E-state index in [1.807, 2.05) is 0 Å². The van der Waals surface area contributed by atoms with Gasteiger partial charge < -0.3 is 4.57 Å². The van der Waals surface area contributed by atoms with Crippen molar-refractivity contribution in [1.29, 1.82) is 0 Å². The minimum absolute atomic E-state index is 0.101. The molecule has 0 unspecified atom stereocenters. The fourth-order valence-electron chi connectivity index (χ4n) is 2.78. The molecule has 142 valence electrons. The Morgan fingerprint density at radius 3 is 2.25 bits per heavy atom. The average molecular weight is 390 g/mol. The molecule has 8 heteroatoms. The molecule has 0 saturated carbocycles. The van der Waals surface area contributed by atoms with E-state index in [9.17, 15) is 26.7 Å². The van der Waals surface area contributed by atoms with Crippen LogP contribution >= 0.6 is 0 Å². The molecule has 1 aromatic heterocycles. The van der Waals surface area contributed by atoms with E-state index in [2.05, 4.69) is 4.85 Å². The highest BCUT2D eigenvalue weighted by Gasteiger charge is 2.36. The van der Waals surface area contributed by atoms with Gasteiger partial charge in [0, 0.05) is 17.3 Å². The fourth-order valence-corrected chi connectivity index (χ4v) is 2.78. The molecule has 3 nitrogen and oxygen atoms in total. The van der Waals surface area contributed by atoms with Gasteiger partial charge in [0.25, 0.3) is 11.2 Å². The van der Waals surface area contributed by atoms with Crippen molar-refractivity contribution in [3.63, 3.8) is 0 Å². The lowest BCUT2D eigenvalue weighted by Crippen LogP contribution is -2.25. The first kappa shape index (κ1) is 19.3. The molecule has 0 aliphatic rings. The highest BCUT2D eigenvalue weighted by molar-refractivity contribution is 5.66. The molecule has 2 aromatic carbocycles. The summed E-state index contributed by atoms with van der Waals surface area (Å²) >= 11 is 0. The Kier molecular flexibility index (Phi) is 5.01. The molecule has 0 atom stereocenters. The van der Waals surface area contributed by atoms with Crippen molar-refractivity contribution < 1.29 is 22.0 Å². The molecule has 0 aliphatic carbocycles. The van der Waals surface area contributed by atoms with E-state index in [-0.39, 0.29) is 16.8 Å². The number of nitrogens with zero attached hydrogens (tertiary/aromatic N) is 2. The Morgan fingerprint density at radius 2 is 1.68 bits per heavy atom. The number of aromatic nitrogens is 1. The predicted molar refractivity (Wildman–Crippen MR) is 92.9 cm³/mol. The van der Waals surface area contributed by atoms with Crippen LogP contribution in [0, 0.1) is 18.2 Å². The number of rotatable bonds is 3. The second kappa shape index (κ2) is 7.27. The van der Waals surface area contributed by atoms with E-state index in [4.69, 9.17) is 6.57 Å². The molecule has 28 heavy (non-hydrogen) atoms. The smallest absolute Gasteiger partial charge is 0.313 e. The zero-order valence-corrected chi connectivity index (χ0v) is 14.1. The number of pyridine rings is 1. The molecule has 0 saturated heterocycles. The number of hydrogen-bond acceptors (Lipinski definition) is 1. The van der Waals surface area contributed by atoms with Gasteiger partial charge >= 0.3 is 6.18 Å². The molecule has 1 heterocycles. The van der Waals surface area contributed by atoms with Crippen LogP contribution in [0.4, 0.5) is 27.6 Å².